The number of hydrogen-bond donors (Lipinski definition) is 1. The number of rotatable bonds is 35. The second kappa shape index (κ2) is 41.8. The summed E-state index contributed by atoms with van der Waals surface area (Å²) in [7, 11) is 1.89. The SMILES string of the molecule is C#CCOCCOCCOCC(COCCOCCOCC#C)OC=O.CNCCOCCOCCOCCOCCC(C)=O. The van der Waals surface area contributed by atoms with Crippen molar-refractivity contribution >= 4 is 12.3 Å². The minimum atomic E-state index is -0.481. The van der Waals surface area contributed by atoms with Crippen LogP contribution in [-0.2, 0) is 61.7 Å². The number of carbonyl (C=O) groups excluding carboxylic acids is 2. The minimum Gasteiger partial charge on any atom is -0.460 e. The van der Waals surface area contributed by atoms with Gasteiger partial charge in [0, 0.05) is 13.0 Å². The van der Waals surface area contributed by atoms with Crippen LogP contribution in [0.5, 0.6) is 0 Å². The van der Waals surface area contributed by atoms with Gasteiger partial charge in [-0.15, -0.1) is 12.8 Å². The van der Waals surface area contributed by atoms with E-state index in [1.807, 2.05) is 7.05 Å². The molecule has 0 aliphatic rings. The summed E-state index contributed by atoms with van der Waals surface area (Å²) >= 11 is 0. The third-order valence-corrected chi connectivity index (χ3v) is 4.93. The number of likely N-dealkylation sites (N-methyl/N-ethyl adjacent to an activating group) is 1. The van der Waals surface area contributed by atoms with Crippen LogP contribution in [0.1, 0.15) is 13.3 Å². The highest BCUT2D eigenvalue weighted by Gasteiger charge is 2.10. The predicted octanol–water partition coefficient (Wildman–Crippen LogP) is 0.145. The minimum absolute atomic E-state index is 0.145. The second-order valence-corrected chi connectivity index (χ2v) is 8.75. The van der Waals surface area contributed by atoms with Crippen LogP contribution < -0.4 is 5.32 Å². The van der Waals surface area contributed by atoms with Gasteiger partial charge in [0.05, 0.1) is 119 Å². The number of ether oxygens (including phenoxy) is 11. The molecule has 0 saturated carbocycles. The first-order chi connectivity index (χ1) is 22.1. The molecule has 0 rings (SSSR count). The smallest absolute Gasteiger partial charge is 0.293 e. The van der Waals surface area contributed by atoms with E-state index in [9.17, 15) is 9.59 Å². The Balaban J connectivity index is 0. The van der Waals surface area contributed by atoms with Gasteiger partial charge < -0.3 is 57.4 Å². The molecule has 0 saturated heterocycles. The summed E-state index contributed by atoms with van der Waals surface area (Å²) in [6.07, 6.45) is 10.1. The molecule has 262 valence electrons. The summed E-state index contributed by atoms with van der Waals surface area (Å²) in [5.74, 6) is 4.87. The van der Waals surface area contributed by atoms with Gasteiger partial charge in [-0.05, 0) is 14.0 Å². The first kappa shape index (κ1) is 44.9. The molecule has 1 N–H and O–H groups in total. The van der Waals surface area contributed by atoms with Crippen molar-refractivity contribution in [2.24, 2.45) is 0 Å². The summed E-state index contributed by atoms with van der Waals surface area (Å²) in [6, 6.07) is 0. The average Bonchev–Trinajstić information content (AvgIpc) is 3.03. The van der Waals surface area contributed by atoms with Crippen LogP contribution in [0.15, 0.2) is 0 Å². The van der Waals surface area contributed by atoms with E-state index in [0.717, 1.165) is 6.54 Å². The maximum absolute atomic E-state index is 10.6. The van der Waals surface area contributed by atoms with Gasteiger partial charge in [-0.25, -0.2) is 0 Å². The van der Waals surface area contributed by atoms with Gasteiger partial charge in [0.15, 0.2) is 0 Å². The van der Waals surface area contributed by atoms with Crippen molar-refractivity contribution in [1.82, 2.24) is 5.32 Å². The molecule has 14 nitrogen and oxygen atoms in total. The van der Waals surface area contributed by atoms with E-state index < -0.39 is 6.10 Å². The van der Waals surface area contributed by atoms with E-state index >= 15 is 0 Å². The van der Waals surface area contributed by atoms with Gasteiger partial charge in [-0.1, -0.05) is 11.8 Å². The number of nitrogens with one attached hydrogen (secondary N) is 1. The van der Waals surface area contributed by atoms with Gasteiger partial charge >= 0.3 is 0 Å². The molecule has 45 heavy (non-hydrogen) atoms. The third-order valence-electron chi connectivity index (χ3n) is 4.93. The van der Waals surface area contributed by atoms with E-state index in [1.54, 1.807) is 6.92 Å². The standard InChI is InChI=1S/C18H28O8.C13H27NO5/c1-3-5-20-7-9-22-11-13-24-15-18(26-17-19)16-25-14-12-23-10-8-21-6-4-2;1-13(15)3-5-16-7-9-18-11-12-19-10-8-17-6-4-14-2/h1-2,17-18H,5-16H2;14H,3-12H2,1-2H3. The highest BCUT2D eigenvalue weighted by atomic mass is 16.6. The van der Waals surface area contributed by atoms with E-state index in [4.69, 9.17) is 65.0 Å². The number of Topliss-reactive ketones (excluding diaryl/α,β-unsaturated/α-hetero) is 1. The van der Waals surface area contributed by atoms with E-state index in [1.165, 1.54) is 0 Å². The molecule has 0 aliphatic heterocycles. The Morgan fingerprint density at radius 3 is 1.31 bits per heavy atom. The Hall–Kier alpha value is -2.18. The molecule has 0 bridgehead atoms. The maximum Gasteiger partial charge on any atom is 0.293 e. The summed E-state index contributed by atoms with van der Waals surface area (Å²) < 4.78 is 57.5. The Morgan fingerprint density at radius 1 is 0.600 bits per heavy atom. The molecule has 0 aromatic heterocycles. The van der Waals surface area contributed by atoms with Crippen molar-refractivity contribution in [3.8, 4) is 24.7 Å². The number of terminal acetylenes is 2. The molecule has 0 aliphatic carbocycles. The highest BCUT2D eigenvalue weighted by Crippen LogP contribution is 1.95. The highest BCUT2D eigenvalue weighted by molar-refractivity contribution is 5.75. The lowest BCUT2D eigenvalue weighted by molar-refractivity contribution is -0.141. The third kappa shape index (κ3) is 44.0. The average molecular weight is 650 g/mol. The van der Waals surface area contributed by atoms with Gasteiger partial charge in [-0.2, -0.15) is 0 Å². The number of ketones is 1. The molecule has 0 fully saturated rings. The molecule has 0 aromatic carbocycles. The lowest BCUT2D eigenvalue weighted by atomic mass is 10.3. The van der Waals surface area contributed by atoms with Crippen LogP contribution in [0.25, 0.3) is 0 Å². The molecular formula is C31H55NO13. The lowest BCUT2D eigenvalue weighted by Gasteiger charge is -2.16. The Kier molecular flexibility index (Phi) is 41.8. The fourth-order valence-corrected chi connectivity index (χ4v) is 2.72. The second-order valence-electron chi connectivity index (χ2n) is 8.75. The van der Waals surface area contributed by atoms with Gasteiger partial charge in [0.1, 0.15) is 25.1 Å². The van der Waals surface area contributed by atoms with Gasteiger partial charge in [0.25, 0.3) is 6.47 Å². The predicted molar refractivity (Wildman–Crippen MR) is 166 cm³/mol. The van der Waals surface area contributed by atoms with Crippen molar-refractivity contribution in [2.45, 2.75) is 19.4 Å². The lowest BCUT2D eigenvalue weighted by Crippen LogP contribution is -2.27. The molecule has 0 radical (unpaired) electrons. The Labute approximate surface area is 269 Å². The fraction of sp³-hybridized carbons (Fsp3) is 0.806. The molecule has 0 unspecified atom stereocenters. The van der Waals surface area contributed by atoms with Gasteiger partial charge in [0.2, 0.25) is 0 Å². The Bertz CT molecular complexity index is 668. The van der Waals surface area contributed by atoms with Crippen molar-refractivity contribution < 1.29 is 61.7 Å². The van der Waals surface area contributed by atoms with E-state index in [-0.39, 0.29) is 32.2 Å². The van der Waals surface area contributed by atoms with Crippen LogP contribution in [0.3, 0.4) is 0 Å². The largest absolute Gasteiger partial charge is 0.460 e. The van der Waals surface area contributed by atoms with Crippen molar-refractivity contribution in [3.63, 3.8) is 0 Å². The van der Waals surface area contributed by atoms with E-state index in [0.29, 0.717) is 119 Å². The zero-order valence-corrected chi connectivity index (χ0v) is 27.2. The molecule has 0 amide bonds. The van der Waals surface area contributed by atoms with Crippen LogP contribution in [0, 0.1) is 24.7 Å². The number of carbonyl (C=O) groups is 2. The monoisotopic (exact) mass is 649 g/mol. The molecule has 0 spiro atoms. The van der Waals surface area contributed by atoms with Crippen molar-refractivity contribution in [2.75, 3.05) is 146 Å². The first-order valence-electron chi connectivity index (χ1n) is 15.0. The van der Waals surface area contributed by atoms with E-state index in [2.05, 4.69) is 17.2 Å². The molecular weight excluding hydrogens is 594 g/mol. The van der Waals surface area contributed by atoms with Gasteiger partial charge in [-0.3, -0.25) is 9.59 Å². The van der Waals surface area contributed by atoms with Crippen molar-refractivity contribution in [1.29, 1.82) is 0 Å². The van der Waals surface area contributed by atoms with Crippen LogP contribution in [0.4, 0.5) is 0 Å². The molecule has 0 atom stereocenters. The van der Waals surface area contributed by atoms with Crippen LogP contribution >= 0.6 is 0 Å². The Morgan fingerprint density at radius 2 is 0.956 bits per heavy atom. The summed E-state index contributed by atoms with van der Waals surface area (Å²) in [5, 5.41) is 3.00. The first-order valence-corrected chi connectivity index (χ1v) is 15.0. The summed E-state index contributed by atoms with van der Waals surface area (Å²) in [4.78, 5) is 21.1. The number of hydrogen-bond acceptors (Lipinski definition) is 14. The summed E-state index contributed by atoms with van der Waals surface area (Å²) in [5.41, 5.74) is 0. The van der Waals surface area contributed by atoms with Crippen LogP contribution in [0.2, 0.25) is 0 Å². The maximum atomic E-state index is 10.6. The summed E-state index contributed by atoms with van der Waals surface area (Å²) in [6.45, 7) is 11.6. The normalized spacial score (nSPS) is 10.6. The fourth-order valence-electron chi connectivity index (χ4n) is 2.72. The molecule has 0 aromatic rings. The zero-order valence-electron chi connectivity index (χ0n) is 27.2. The topological polar surface area (TPSA) is 148 Å². The molecule has 0 heterocycles. The van der Waals surface area contributed by atoms with Crippen LogP contribution in [-0.4, -0.2) is 164 Å². The van der Waals surface area contributed by atoms with Crippen molar-refractivity contribution in [3.05, 3.63) is 0 Å². The quantitative estimate of drug-likeness (QED) is 0.0564. The zero-order chi connectivity index (χ0) is 33.3. The molecule has 14 heteroatoms.